The van der Waals surface area contributed by atoms with Crippen molar-refractivity contribution in [3.8, 4) is 0 Å². The zero-order valence-corrected chi connectivity index (χ0v) is 16.8. The van der Waals surface area contributed by atoms with Gasteiger partial charge in [0.25, 0.3) is 0 Å². The fourth-order valence-electron chi connectivity index (χ4n) is 2.99. The lowest BCUT2D eigenvalue weighted by Gasteiger charge is -2.27. The minimum Gasteiger partial charge on any atom is -0.354 e. The van der Waals surface area contributed by atoms with E-state index in [9.17, 15) is 9.59 Å². The molecule has 1 aliphatic heterocycles. The van der Waals surface area contributed by atoms with Crippen molar-refractivity contribution in [1.82, 2.24) is 10.2 Å². The maximum atomic E-state index is 12.5. The first-order valence-corrected chi connectivity index (χ1v) is 9.95. The van der Waals surface area contributed by atoms with E-state index in [1.54, 1.807) is 0 Å². The maximum Gasteiger partial charge on any atom is 0.238 e. The van der Waals surface area contributed by atoms with E-state index in [4.69, 9.17) is 11.6 Å². The van der Waals surface area contributed by atoms with Crippen LogP contribution in [0.15, 0.2) is 53.4 Å². The fraction of sp³-hybridized carbons (Fsp3) is 0.300. The number of carbonyl (C=O) groups excluding carboxylic acids is 2. The van der Waals surface area contributed by atoms with Crippen molar-refractivity contribution in [3.63, 3.8) is 0 Å². The Bertz CT molecular complexity index is 843. The summed E-state index contributed by atoms with van der Waals surface area (Å²) in [5, 5.41) is 6.05. The molecule has 5 nitrogen and oxygen atoms in total. The molecular weight excluding hydrogens is 382 g/mol. The molecule has 1 aliphatic rings. The van der Waals surface area contributed by atoms with Gasteiger partial charge in [0.05, 0.1) is 17.0 Å². The number of likely N-dealkylation sites (N-methyl/N-ethyl adjacent to an activating group) is 1. The molecule has 2 aromatic rings. The van der Waals surface area contributed by atoms with Crippen molar-refractivity contribution in [2.75, 3.05) is 26.0 Å². The Hall–Kier alpha value is -2.02. The average Bonchev–Trinajstić information content (AvgIpc) is 2.63. The van der Waals surface area contributed by atoms with Crippen LogP contribution in [0.4, 0.5) is 5.69 Å². The number of halogens is 1. The van der Waals surface area contributed by atoms with E-state index < -0.39 is 5.25 Å². The van der Waals surface area contributed by atoms with Crippen LogP contribution in [-0.2, 0) is 9.59 Å². The lowest BCUT2D eigenvalue weighted by Crippen LogP contribution is -2.38. The molecule has 0 aliphatic carbocycles. The molecule has 2 atom stereocenters. The third-order valence-corrected chi connectivity index (χ3v) is 6.08. The minimum absolute atomic E-state index is 0.0452. The summed E-state index contributed by atoms with van der Waals surface area (Å²) >= 11 is 7.73. The molecule has 0 spiro atoms. The van der Waals surface area contributed by atoms with Gasteiger partial charge in [-0.25, -0.2) is 0 Å². The smallest absolute Gasteiger partial charge is 0.238 e. The first-order chi connectivity index (χ1) is 13.0. The van der Waals surface area contributed by atoms with E-state index >= 15 is 0 Å². The van der Waals surface area contributed by atoms with Crippen molar-refractivity contribution >= 4 is 40.9 Å². The molecule has 3 rings (SSSR count). The molecule has 27 heavy (non-hydrogen) atoms. The number of amides is 2. The highest BCUT2D eigenvalue weighted by Crippen LogP contribution is 2.36. The second-order valence-corrected chi connectivity index (χ2v) is 8.25. The quantitative estimate of drug-likeness (QED) is 0.774. The number of hydrogen-bond donors (Lipinski definition) is 2. The number of nitrogens with zero attached hydrogens (tertiary/aromatic N) is 1. The molecule has 0 fully saturated rings. The fourth-order valence-corrected chi connectivity index (χ4v) is 4.37. The van der Waals surface area contributed by atoms with Gasteiger partial charge in [0.2, 0.25) is 11.8 Å². The third-order valence-electron chi connectivity index (χ3n) is 4.46. The van der Waals surface area contributed by atoms with Gasteiger partial charge < -0.3 is 15.5 Å². The van der Waals surface area contributed by atoms with Crippen LogP contribution in [0.25, 0.3) is 0 Å². The summed E-state index contributed by atoms with van der Waals surface area (Å²) < 4.78 is 0. The Morgan fingerprint density at radius 2 is 1.93 bits per heavy atom. The Labute approximate surface area is 168 Å². The Morgan fingerprint density at radius 3 is 2.67 bits per heavy atom. The number of rotatable bonds is 6. The van der Waals surface area contributed by atoms with Crippen LogP contribution in [0.5, 0.6) is 0 Å². The maximum absolute atomic E-state index is 12.5. The summed E-state index contributed by atoms with van der Waals surface area (Å²) in [5.41, 5.74) is 1.76. The number of hydrogen-bond acceptors (Lipinski definition) is 4. The molecule has 2 amide bonds. The molecule has 0 bridgehead atoms. The van der Waals surface area contributed by atoms with Crippen LogP contribution in [0.3, 0.4) is 0 Å². The van der Waals surface area contributed by atoms with Gasteiger partial charge in [-0.05, 0) is 37.9 Å². The number of nitrogens with one attached hydrogen (secondary N) is 2. The highest BCUT2D eigenvalue weighted by atomic mass is 35.5. The van der Waals surface area contributed by atoms with Crippen LogP contribution in [-0.4, -0.2) is 42.6 Å². The molecular formula is C20H22ClN3O2S. The molecule has 0 aromatic heterocycles. The van der Waals surface area contributed by atoms with Gasteiger partial charge in [-0.3, -0.25) is 9.59 Å². The second kappa shape index (κ2) is 8.78. The predicted octanol–water partition coefficient (Wildman–Crippen LogP) is 3.56. The van der Waals surface area contributed by atoms with Crippen molar-refractivity contribution < 1.29 is 9.59 Å². The van der Waals surface area contributed by atoms with E-state index in [0.29, 0.717) is 11.6 Å². The zero-order valence-electron chi connectivity index (χ0n) is 15.2. The van der Waals surface area contributed by atoms with E-state index in [1.807, 2.05) is 67.5 Å². The average molecular weight is 404 g/mol. The van der Waals surface area contributed by atoms with E-state index in [1.165, 1.54) is 11.8 Å². The van der Waals surface area contributed by atoms with E-state index in [0.717, 1.165) is 16.1 Å². The highest BCUT2D eigenvalue weighted by Gasteiger charge is 2.29. The topological polar surface area (TPSA) is 61.4 Å². The van der Waals surface area contributed by atoms with Crippen molar-refractivity contribution in [1.29, 1.82) is 0 Å². The summed E-state index contributed by atoms with van der Waals surface area (Å²) in [6.45, 7) is 0.422. The SMILES string of the molecule is CN(C)C(CNC(=O)CC1Sc2ccccc2NC1=O)c1ccccc1Cl. The van der Waals surface area contributed by atoms with Crippen LogP contribution < -0.4 is 10.6 Å². The Balaban J connectivity index is 1.60. The molecule has 2 aromatic carbocycles. The molecule has 2 N–H and O–H groups in total. The summed E-state index contributed by atoms with van der Waals surface area (Å²) in [5.74, 6) is -0.287. The number of benzene rings is 2. The van der Waals surface area contributed by atoms with E-state index in [2.05, 4.69) is 10.6 Å². The number of thioether (sulfide) groups is 1. The van der Waals surface area contributed by atoms with Gasteiger partial charge in [-0.2, -0.15) is 0 Å². The van der Waals surface area contributed by atoms with Crippen LogP contribution in [0.2, 0.25) is 5.02 Å². The minimum atomic E-state index is -0.432. The van der Waals surface area contributed by atoms with Crippen molar-refractivity contribution in [2.24, 2.45) is 0 Å². The molecule has 142 valence electrons. The zero-order chi connectivity index (χ0) is 19.4. The summed E-state index contributed by atoms with van der Waals surface area (Å²) in [6.07, 6.45) is 0.132. The van der Waals surface area contributed by atoms with Gasteiger partial charge in [-0.15, -0.1) is 11.8 Å². The van der Waals surface area contributed by atoms with Crippen LogP contribution >= 0.6 is 23.4 Å². The van der Waals surface area contributed by atoms with Crippen molar-refractivity contribution in [3.05, 3.63) is 59.1 Å². The summed E-state index contributed by atoms with van der Waals surface area (Å²) in [7, 11) is 3.89. The van der Waals surface area contributed by atoms with Crippen molar-refractivity contribution in [2.45, 2.75) is 22.6 Å². The van der Waals surface area contributed by atoms with Gasteiger partial charge in [-0.1, -0.05) is 41.9 Å². The van der Waals surface area contributed by atoms with E-state index in [-0.39, 0.29) is 24.3 Å². The number of carbonyl (C=O) groups is 2. The van der Waals surface area contributed by atoms with Gasteiger partial charge in [0.15, 0.2) is 0 Å². The Kier molecular flexibility index (Phi) is 6.42. The predicted molar refractivity (Wildman–Crippen MR) is 110 cm³/mol. The molecule has 0 saturated heterocycles. The number of para-hydroxylation sites is 1. The summed E-state index contributed by atoms with van der Waals surface area (Å²) in [4.78, 5) is 27.7. The van der Waals surface area contributed by atoms with Gasteiger partial charge >= 0.3 is 0 Å². The first kappa shape index (κ1) is 19.7. The molecule has 1 heterocycles. The van der Waals surface area contributed by atoms with Gasteiger partial charge in [0.1, 0.15) is 0 Å². The lowest BCUT2D eigenvalue weighted by molar-refractivity contribution is -0.124. The standard InChI is InChI=1S/C20H22ClN3O2S/c1-24(2)16(13-7-3-4-8-14(13)21)12-22-19(25)11-18-20(26)23-15-9-5-6-10-17(15)27-18/h3-10,16,18H,11-12H2,1-2H3,(H,22,25)(H,23,26). The largest absolute Gasteiger partial charge is 0.354 e. The molecule has 7 heteroatoms. The molecule has 2 unspecified atom stereocenters. The molecule has 0 radical (unpaired) electrons. The van der Waals surface area contributed by atoms with Crippen LogP contribution in [0.1, 0.15) is 18.0 Å². The second-order valence-electron chi connectivity index (χ2n) is 6.60. The Morgan fingerprint density at radius 1 is 1.22 bits per heavy atom. The number of fused-ring (bicyclic) bond motifs is 1. The summed E-state index contributed by atoms with van der Waals surface area (Å²) in [6, 6.07) is 15.2. The molecule has 0 saturated carbocycles. The highest BCUT2D eigenvalue weighted by molar-refractivity contribution is 8.01. The lowest BCUT2D eigenvalue weighted by atomic mass is 10.1. The first-order valence-electron chi connectivity index (χ1n) is 8.70. The van der Waals surface area contributed by atoms with Crippen LogP contribution in [0, 0.1) is 0 Å². The monoisotopic (exact) mass is 403 g/mol. The number of anilines is 1. The normalized spacial score (nSPS) is 17.2. The van der Waals surface area contributed by atoms with Gasteiger partial charge in [0, 0.05) is 22.9 Å². The third kappa shape index (κ3) is 4.83.